The predicted molar refractivity (Wildman–Crippen MR) is 97.7 cm³/mol. The van der Waals surface area contributed by atoms with Gasteiger partial charge < -0.3 is 10.7 Å². The quantitative estimate of drug-likeness (QED) is 0.654. The molecule has 130 valence electrons. The minimum atomic E-state index is -3.59. The first-order valence-electron chi connectivity index (χ1n) is 8.32. The number of sulfonamides is 1. The third-order valence-electron chi connectivity index (χ3n) is 4.59. The van der Waals surface area contributed by atoms with Crippen molar-refractivity contribution in [3.8, 4) is 0 Å². The molecule has 6 nitrogen and oxygen atoms in total. The number of H-pyrrole nitrogens is 1. The van der Waals surface area contributed by atoms with Crippen LogP contribution in [0.25, 0.3) is 11.0 Å². The van der Waals surface area contributed by atoms with Gasteiger partial charge in [-0.05, 0) is 49.1 Å². The lowest BCUT2D eigenvalue weighted by atomic mass is 9.79. The molecule has 4 N–H and O–H groups in total. The van der Waals surface area contributed by atoms with Gasteiger partial charge in [-0.15, -0.1) is 0 Å². The number of rotatable bonds is 5. The highest BCUT2D eigenvalue weighted by atomic mass is 32.2. The number of nitrogens with two attached hydrogens (primary N) is 1. The standard InChI is InChI=1S/C18H20N4O2S/c19-13-8-12(9-13)10-18-20-16-7-6-14(11-17(16)21-18)22-25(23,24)15-4-2-1-3-5-15/h1-7,11-13,22H,8-10,19H2,(H,20,21). The molecule has 1 aromatic heterocycles. The fourth-order valence-electron chi connectivity index (χ4n) is 3.26. The number of benzene rings is 2. The predicted octanol–water partition coefficient (Wildman–Crippen LogP) is 2.64. The van der Waals surface area contributed by atoms with Crippen molar-refractivity contribution in [2.24, 2.45) is 11.7 Å². The van der Waals surface area contributed by atoms with Crippen LogP contribution >= 0.6 is 0 Å². The van der Waals surface area contributed by atoms with Crippen LogP contribution in [0.5, 0.6) is 0 Å². The third-order valence-corrected chi connectivity index (χ3v) is 5.99. The van der Waals surface area contributed by atoms with Crippen molar-refractivity contribution in [2.75, 3.05) is 4.72 Å². The van der Waals surface area contributed by atoms with Crippen LogP contribution in [0.15, 0.2) is 53.4 Å². The number of anilines is 1. The van der Waals surface area contributed by atoms with Gasteiger partial charge in [-0.25, -0.2) is 13.4 Å². The maximum absolute atomic E-state index is 12.4. The van der Waals surface area contributed by atoms with Gasteiger partial charge in [0.2, 0.25) is 0 Å². The number of hydrogen-bond acceptors (Lipinski definition) is 4. The summed E-state index contributed by atoms with van der Waals surface area (Å²) in [5.74, 6) is 1.52. The van der Waals surface area contributed by atoms with E-state index in [1.807, 2.05) is 6.07 Å². The molecule has 0 amide bonds. The van der Waals surface area contributed by atoms with E-state index in [-0.39, 0.29) is 4.90 Å². The summed E-state index contributed by atoms with van der Waals surface area (Å²) < 4.78 is 27.4. The Bertz CT molecular complexity index is 992. The summed E-state index contributed by atoms with van der Waals surface area (Å²) in [6.07, 6.45) is 2.96. The zero-order valence-electron chi connectivity index (χ0n) is 13.6. The lowest BCUT2D eigenvalue weighted by molar-refractivity contribution is 0.261. The Kier molecular flexibility index (Phi) is 3.97. The molecule has 0 radical (unpaired) electrons. The first-order valence-corrected chi connectivity index (χ1v) is 9.80. The highest BCUT2D eigenvalue weighted by molar-refractivity contribution is 7.92. The van der Waals surface area contributed by atoms with Gasteiger partial charge in [-0.1, -0.05) is 18.2 Å². The van der Waals surface area contributed by atoms with Crippen molar-refractivity contribution in [3.63, 3.8) is 0 Å². The van der Waals surface area contributed by atoms with E-state index in [4.69, 9.17) is 5.73 Å². The Balaban J connectivity index is 1.55. The van der Waals surface area contributed by atoms with Gasteiger partial charge in [0.15, 0.2) is 0 Å². The van der Waals surface area contributed by atoms with Crippen LogP contribution in [0.1, 0.15) is 18.7 Å². The van der Waals surface area contributed by atoms with Gasteiger partial charge in [-0.2, -0.15) is 0 Å². The van der Waals surface area contributed by atoms with Gasteiger partial charge in [0.25, 0.3) is 10.0 Å². The summed E-state index contributed by atoms with van der Waals surface area (Å²) in [5, 5.41) is 0. The van der Waals surface area contributed by atoms with Crippen LogP contribution in [0, 0.1) is 5.92 Å². The number of aromatic amines is 1. The van der Waals surface area contributed by atoms with Gasteiger partial charge in [0.05, 0.1) is 21.6 Å². The number of nitrogens with one attached hydrogen (secondary N) is 2. The Labute approximate surface area is 146 Å². The molecule has 2 aromatic carbocycles. The van der Waals surface area contributed by atoms with E-state index in [1.54, 1.807) is 42.5 Å². The summed E-state index contributed by atoms with van der Waals surface area (Å²) in [7, 11) is -3.59. The number of fused-ring (bicyclic) bond motifs is 1. The van der Waals surface area contributed by atoms with Crippen molar-refractivity contribution in [3.05, 3.63) is 54.4 Å². The summed E-state index contributed by atoms with van der Waals surface area (Å²) in [5.41, 5.74) is 8.00. The van der Waals surface area contributed by atoms with Crippen molar-refractivity contribution in [1.82, 2.24) is 9.97 Å². The number of imidazole rings is 1. The third kappa shape index (κ3) is 3.38. The van der Waals surface area contributed by atoms with E-state index in [1.165, 1.54) is 0 Å². The summed E-state index contributed by atoms with van der Waals surface area (Å²) in [6, 6.07) is 14.0. The maximum atomic E-state index is 12.4. The molecule has 0 aliphatic heterocycles. The fourth-order valence-corrected chi connectivity index (χ4v) is 4.33. The molecule has 1 heterocycles. The molecule has 1 fully saturated rings. The number of hydrogen-bond donors (Lipinski definition) is 3. The summed E-state index contributed by atoms with van der Waals surface area (Å²) in [6.45, 7) is 0. The molecule has 7 heteroatoms. The van der Waals surface area contributed by atoms with Crippen LogP contribution in [0.4, 0.5) is 5.69 Å². The molecular weight excluding hydrogens is 336 g/mol. The van der Waals surface area contributed by atoms with E-state index in [9.17, 15) is 8.42 Å². The van der Waals surface area contributed by atoms with Gasteiger partial charge >= 0.3 is 0 Å². The molecule has 1 aliphatic carbocycles. The topological polar surface area (TPSA) is 101 Å². The molecule has 3 aromatic rings. The molecular formula is C18H20N4O2S. The van der Waals surface area contributed by atoms with Crippen LogP contribution < -0.4 is 10.5 Å². The van der Waals surface area contributed by atoms with Crippen molar-refractivity contribution in [1.29, 1.82) is 0 Å². The smallest absolute Gasteiger partial charge is 0.261 e. The monoisotopic (exact) mass is 356 g/mol. The largest absolute Gasteiger partial charge is 0.342 e. The maximum Gasteiger partial charge on any atom is 0.261 e. The summed E-state index contributed by atoms with van der Waals surface area (Å²) >= 11 is 0. The van der Waals surface area contributed by atoms with E-state index in [2.05, 4.69) is 14.7 Å². The lowest BCUT2D eigenvalue weighted by Crippen LogP contribution is -2.37. The molecule has 4 rings (SSSR count). The SMILES string of the molecule is NC1CC(Cc2nc3ccc(NS(=O)(=O)c4ccccc4)cc3[nH]2)C1. The second-order valence-electron chi connectivity index (χ2n) is 6.64. The highest BCUT2D eigenvalue weighted by Gasteiger charge is 2.26. The Hall–Kier alpha value is -2.38. The second kappa shape index (κ2) is 6.16. The minimum Gasteiger partial charge on any atom is -0.342 e. The molecule has 0 spiro atoms. The number of nitrogens with zero attached hydrogens (tertiary/aromatic N) is 1. The number of aromatic nitrogens is 2. The first-order chi connectivity index (χ1) is 12.0. The van der Waals surface area contributed by atoms with E-state index < -0.39 is 10.0 Å². The Morgan fingerprint density at radius 1 is 1.16 bits per heavy atom. The highest BCUT2D eigenvalue weighted by Crippen LogP contribution is 2.29. The van der Waals surface area contributed by atoms with Crippen molar-refractivity contribution in [2.45, 2.75) is 30.2 Å². The Morgan fingerprint density at radius 2 is 1.92 bits per heavy atom. The second-order valence-corrected chi connectivity index (χ2v) is 8.32. The van der Waals surface area contributed by atoms with Gasteiger partial charge in [0.1, 0.15) is 5.82 Å². The minimum absolute atomic E-state index is 0.238. The van der Waals surface area contributed by atoms with E-state index in [0.717, 1.165) is 36.1 Å². The molecule has 0 atom stereocenters. The van der Waals surface area contributed by atoms with Crippen molar-refractivity contribution < 1.29 is 8.42 Å². The average Bonchev–Trinajstić information content (AvgIpc) is 2.95. The van der Waals surface area contributed by atoms with Crippen LogP contribution in [-0.4, -0.2) is 24.4 Å². The molecule has 1 saturated carbocycles. The zero-order valence-corrected chi connectivity index (χ0v) is 14.5. The fraction of sp³-hybridized carbons (Fsp3) is 0.278. The van der Waals surface area contributed by atoms with E-state index >= 15 is 0 Å². The molecule has 0 bridgehead atoms. The normalized spacial score (nSPS) is 20.4. The first kappa shape index (κ1) is 16.1. The van der Waals surface area contributed by atoms with Crippen LogP contribution in [-0.2, 0) is 16.4 Å². The average molecular weight is 356 g/mol. The van der Waals surface area contributed by atoms with Crippen molar-refractivity contribution >= 4 is 26.7 Å². The molecule has 0 unspecified atom stereocenters. The molecule has 1 aliphatic rings. The van der Waals surface area contributed by atoms with Gasteiger partial charge in [0, 0.05) is 12.5 Å². The molecule has 25 heavy (non-hydrogen) atoms. The van der Waals surface area contributed by atoms with Crippen LogP contribution in [0.2, 0.25) is 0 Å². The lowest BCUT2D eigenvalue weighted by Gasteiger charge is -2.31. The molecule has 0 saturated heterocycles. The Morgan fingerprint density at radius 3 is 2.64 bits per heavy atom. The van der Waals surface area contributed by atoms with Gasteiger partial charge in [-0.3, -0.25) is 4.72 Å². The van der Waals surface area contributed by atoms with E-state index in [0.29, 0.717) is 17.6 Å². The van der Waals surface area contributed by atoms with Crippen LogP contribution in [0.3, 0.4) is 0 Å². The zero-order chi connectivity index (χ0) is 17.4. The summed E-state index contributed by atoms with van der Waals surface area (Å²) in [4.78, 5) is 8.11.